The van der Waals surface area contributed by atoms with Crippen molar-refractivity contribution in [1.29, 1.82) is 5.41 Å². The summed E-state index contributed by atoms with van der Waals surface area (Å²) in [5.74, 6) is -0.158. The zero-order valence-electron chi connectivity index (χ0n) is 19.3. The van der Waals surface area contributed by atoms with Crippen molar-refractivity contribution in [2.75, 3.05) is 25.2 Å². The number of sulfone groups is 1. The van der Waals surface area contributed by atoms with Gasteiger partial charge in [0.1, 0.15) is 5.82 Å². The van der Waals surface area contributed by atoms with Gasteiger partial charge in [-0.15, -0.1) is 0 Å². The average Bonchev–Trinajstić information content (AvgIpc) is 3.18. The van der Waals surface area contributed by atoms with Crippen LogP contribution in [0.25, 0.3) is 27.7 Å². The number of nitrogens with one attached hydrogen (secondary N) is 1. The van der Waals surface area contributed by atoms with Gasteiger partial charge in [-0.3, -0.25) is 0 Å². The Kier molecular flexibility index (Phi) is 5.94. The van der Waals surface area contributed by atoms with Gasteiger partial charge in [0.2, 0.25) is 0 Å². The van der Waals surface area contributed by atoms with Crippen molar-refractivity contribution in [2.45, 2.75) is 23.7 Å². The van der Waals surface area contributed by atoms with Gasteiger partial charge in [0, 0.05) is 65.2 Å². The van der Waals surface area contributed by atoms with E-state index in [9.17, 15) is 12.8 Å². The van der Waals surface area contributed by atoms with Crippen molar-refractivity contribution in [3.63, 3.8) is 0 Å². The van der Waals surface area contributed by atoms with Crippen LogP contribution in [0.2, 0.25) is 0 Å². The third kappa shape index (κ3) is 4.24. The van der Waals surface area contributed by atoms with Crippen molar-refractivity contribution in [3.05, 3.63) is 77.7 Å². The molecule has 1 aliphatic rings. The number of hydrogen-bond donors (Lipinski definition) is 2. The van der Waals surface area contributed by atoms with Crippen LogP contribution in [0.15, 0.2) is 65.6 Å². The fourth-order valence-corrected chi connectivity index (χ4v) is 5.54. The van der Waals surface area contributed by atoms with Crippen LogP contribution in [0.5, 0.6) is 0 Å². The predicted molar refractivity (Wildman–Crippen MR) is 137 cm³/mol. The molecule has 1 fully saturated rings. The average molecular weight is 492 g/mol. The molecule has 0 amide bonds. The van der Waals surface area contributed by atoms with Crippen LogP contribution in [0.4, 0.5) is 10.1 Å². The zero-order valence-corrected chi connectivity index (χ0v) is 20.1. The first-order chi connectivity index (χ1) is 16.8. The molecule has 6 nitrogen and oxygen atoms in total. The van der Waals surface area contributed by atoms with E-state index < -0.39 is 9.84 Å². The van der Waals surface area contributed by atoms with Crippen LogP contribution < -0.4 is 5.73 Å². The monoisotopic (exact) mass is 491 g/mol. The molecule has 5 rings (SSSR count). The van der Waals surface area contributed by atoms with E-state index in [1.54, 1.807) is 24.3 Å². The lowest BCUT2D eigenvalue weighted by molar-refractivity contribution is 0.0843. The molecule has 0 bridgehead atoms. The molecule has 35 heavy (non-hydrogen) atoms. The van der Waals surface area contributed by atoms with E-state index in [1.807, 2.05) is 24.3 Å². The summed E-state index contributed by atoms with van der Waals surface area (Å²) in [7, 11) is -3.33. The van der Waals surface area contributed by atoms with Gasteiger partial charge in [-0.25, -0.2) is 12.8 Å². The molecular weight excluding hydrogens is 465 g/mol. The first-order valence-corrected chi connectivity index (χ1v) is 13.3. The Morgan fingerprint density at radius 3 is 2.31 bits per heavy atom. The van der Waals surface area contributed by atoms with E-state index in [1.165, 1.54) is 24.6 Å². The van der Waals surface area contributed by atoms with Gasteiger partial charge in [0.05, 0.1) is 10.4 Å². The predicted octanol–water partition coefficient (Wildman–Crippen LogP) is 5.31. The summed E-state index contributed by atoms with van der Waals surface area (Å²) in [5.41, 5.74) is 11.9. The smallest absolute Gasteiger partial charge is 0.175 e. The van der Waals surface area contributed by atoms with E-state index in [-0.39, 0.29) is 16.6 Å². The maximum absolute atomic E-state index is 13.8. The SMILES string of the molecule is CS(=O)(=O)c1ccc(-c2c(C3CCOCC3)n(-c3ccc(F)cc3)c3cc(C=N)c(N)cc23)cc1. The summed E-state index contributed by atoms with van der Waals surface area (Å²) < 4.78 is 45.7. The third-order valence-electron chi connectivity index (χ3n) is 6.63. The fraction of sp³-hybridized carbons (Fsp3) is 0.222. The normalized spacial score (nSPS) is 14.9. The molecule has 1 saturated heterocycles. The number of hydrogen-bond acceptors (Lipinski definition) is 5. The van der Waals surface area contributed by atoms with Crippen LogP contribution >= 0.6 is 0 Å². The van der Waals surface area contributed by atoms with E-state index in [0.717, 1.165) is 46.3 Å². The molecule has 3 N–H and O–H groups in total. The molecule has 0 saturated carbocycles. The number of aromatic nitrogens is 1. The molecule has 1 aromatic heterocycles. The molecule has 1 aliphatic heterocycles. The summed E-state index contributed by atoms with van der Waals surface area (Å²) in [5, 5.41) is 8.72. The largest absolute Gasteiger partial charge is 0.398 e. The van der Waals surface area contributed by atoms with E-state index in [4.69, 9.17) is 15.9 Å². The molecule has 0 spiro atoms. The van der Waals surface area contributed by atoms with Crippen LogP contribution in [0.1, 0.15) is 30.0 Å². The topological polar surface area (TPSA) is 98.2 Å². The standard InChI is InChI=1S/C27H26FN3O3S/c1-35(32,33)22-8-2-17(3-9-22)26-23-15-24(30)19(16-29)14-25(23)31(21-6-4-20(28)5-7-21)27(26)18-10-12-34-13-11-18/h2-9,14-16,18,29H,10-13,30H2,1H3. The molecule has 0 aliphatic carbocycles. The van der Waals surface area contributed by atoms with Gasteiger partial charge < -0.3 is 20.4 Å². The first-order valence-electron chi connectivity index (χ1n) is 11.4. The molecule has 3 aromatic carbocycles. The first kappa shape index (κ1) is 23.3. The number of nitrogens with two attached hydrogens (primary N) is 1. The Morgan fingerprint density at radius 2 is 1.71 bits per heavy atom. The second-order valence-corrected chi connectivity index (χ2v) is 10.9. The molecular formula is C27H26FN3O3S. The summed E-state index contributed by atoms with van der Waals surface area (Å²) >= 11 is 0. The minimum Gasteiger partial charge on any atom is -0.398 e. The van der Waals surface area contributed by atoms with Gasteiger partial charge in [0.25, 0.3) is 0 Å². The second-order valence-electron chi connectivity index (χ2n) is 8.90. The quantitative estimate of drug-likeness (QED) is 0.292. The van der Waals surface area contributed by atoms with Crippen LogP contribution in [-0.2, 0) is 14.6 Å². The van der Waals surface area contributed by atoms with Crippen molar-refractivity contribution < 1.29 is 17.5 Å². The number of nitrogens with zero attached hydrogens (tertiary/aromatic N) is 1. The second kappa shape index (κ2) is 8.94. The molecule has 0 unspecified atom stereocenters. The number of anilines is 1. The van der Waals surface area contributed by atoms with Crippen molar-refractivity contribution in [3.8, 4) is 16.8 Å². The highest BCUT2D eigenvalue weighted by atomic mass is 32.2. The number of ether oxygens (including phenoxy) is 1. The number of halogens is 1. The molecule has 0 radical (unpaired) electrons. The van der Waals surface area contributed by atoms with Crippen molar-refractivity contribution >= 4 is 32.6 Å². The van der Waals surface area contributed by atoms with Gasteiger partial charge in [0.15, 0.2) is 9.84 Å². The highest BCUT2D eigenvalue weighted by molar-refractivity contribution is 7.90. The fourth-order valence-electron chi connectivity index (χ4n) is 4.91. The number of rotatable bonds is 5. The lowest BCUT2D eigenvalue weighted by atomic mass is 9.90. The van der Waals surface area contributed by atoms with Gasteiger partial charge in [-0.2, -0.15) is 0 Å². The van der Waals surface area contributed by atoms with Gasteiger partial charge in [-0.05, 0) is 66.9 Å². The molecule has 8 heteroatoms. The Labute approximate surface area is 203 Å². The van der Waals surface area contributed by atoms with Gasteiger partial charge in [-0.1, -0.05) is 12.1 Å². The highest BCUT2D eigenvalue weighted by Crippen LogP contribution is 2.44. The van der Waals surface area contributed by atoms with Crippen molar-refractivity contribution in [1.82, 2.24) is 4.57 Å². The van der Waals surface area contributed by atoms with E-state index in [0.29, 0.717) is 24.5 Å². The van der Waals surface area contributed by atoms with Crippen molar-refractivity contribution in [2.24, 2.45) is 0 Å². The minimum atomic E-state index is -3.33. The van der Waals surface area contributed by atoms with E-state index in [2.05, 4.69) is 4.57 Å². The number of fused-ring (bicyclic) bond motifs is 1. The Morgan fingerprint density at radius 1 is 1.06 bits per heavy atom. The zero-order chi connectivity index (χ0) is 24.7. The lowest BCUT2D eigenvalue weighted by Crippen LogP contribution is -2.17. The molecule has 180 valence electrons. The van der Waals surface area contributed by atoms with Crippen LogP contribution in [0, 0.1) is 11.2 Å². The maximum Gasteiger partial charge on any atom is 0.175 e. The maximum atomic E-state index is 13.8. The Balaban J connectivity index is 1.88. The van der Waals surface area contributed by atoms with Crippen LogP contribution in [0.3, 0.4) is 0 Å². The third-order valence-corrected chi connectivity index (χ3v) is 7.76. The Bertz CT molecular complexity index is 1520. The minimum absolute atomic E-state index is 0.162. The summed E-state index contributed by atoms with van der Waals surface area (Å²) in [6.45, 7) is 1.27. The lowest BCUT2D eigenvalue weighted by Gasteiger charge is -2.26. The van der Waals surface area contributed by atoms with Crippen LogP contribution in [-0.4, -0.2) is 38.7 Å². The molecule has 2 heterocycles. The number of nitrogen functional groups attached to an aromatic ring is 1. The highest BCUT2D eigenvalue weighted by Gasteiger charge is 2.28. The van der Waals surface area contributed by atoms with E-state index >= 15 is 0 Å². The molecule has 4 aromatic rings. The van der Waals surface area contributed by atoms with Gasteiger partial charge >= 0.3 is 0 Å². The summed E-state index contributed by atoms with van der Waals surface area (Å²) in [6, 6.07) is 17.0. The Hall–Kier alpha value is -3.49. The summed E-state index contributed by atoms with van der Waals surface area (Å²) in [6.07, 6.45) is 4.05. The molecule has 0 atom stereocenters. The number of benzene rings is 3. The summed E-state index contributed by atoms with van der Waals surface area (Å²) in [4.78, 5) is 0.252.